The van der Waals surface area contributed by atoms with E-state index in [4.69, 9.17) is 5.26 Å². The normalized spacial score (nSPS) is 10.7. The third kappa shape index (κ3) is 14.2. The molecule has 0 bridgehead atoms. The van der Waals surface area contributed by atoms with Gasteiger partial charge in [-0.1, -0.05) is 56.9 Å². The van der Waals surface area contributed by atoms with Gasteiger partial charge in [0.2, 0.25) is 0 Å². The summed E-state index contributed by atoms with van der Waals surface area (Å²) in [4.78, 5) is 11.0. The maximum absolute atomic E-state index is 11.0. The van der Waals surface area contributed by atoms with Gasteiger partial charge in [0.05, 0.1) is 6.07 Å². The minimum atomic E-state index is -0.314. The molecule has 0 aromatic carbocycles. The number of nitrogens with zero attached hydrogens (tertiary/aromatic N) is 1. The molecule has 2 N–H and O–H groups in total. The molecule has 0 saturated carbocycles. The van der Waals surface area contributed by atoms with Crippen LogP contribution in [0.5, 0.6) is 0 Å². The average Bonchev–Trinajstić information content (AvgIpc) is 2.42. The minimum absolute atomic E-state index is 0.0352. The highest BCUT2D eigenvalue weighted by Gasteiger charge is 1.93. The van der Waals surface area contributed by atoms with Crippen molar-refractivity contribution in [1.82, 2.24) is 10.6 Å². The van der Waals surface area contributed by atoms with Crippen molar-refractivity contribution >= 4 is 6.03 Å². The Bertz CT molecular complexity index is 316. The van der Waals surface area contributed by atoms with Crippen molar-refractivity contribution in [2.45, 2.75) is 45.4 Å². The molecule has 0 aromatic heterocycles. The van der Waals surface area contributed by atoms with Crippen molar-refractivity contribution in [3.05, 3.63) is 24.3 Å². The second kappa shape index (κ2) is 14.3. The van der Waals surface area contributed by atoms with E-state index in [0.717, 1.165) is 6.42 Å². The molecular formula is C15H25N3O. The molecule has 106 valence electrons. The van der Waals surface area contributed by atoms with E-state index in [0.29, 0.717) is 6.54 Å². The van der Waals surface area contributed by atoms with E-state index in [1.54, 1.807) is 0 Å². The molecule has 0 spiro atoms. The van der Waals surface area contributed by atoms with Crippen molar-refractivity contribution in [3.8, 4) is 6.07 Å². The van der Waals surface area contributed by atoms with Crippen LogP contribution in [-0.2, 0) is 0 Å². The molecule has 0 saturated heterocycles. The molecule has 0 fully saturated rings. The second-order valence-corrected chi connectivity index (χ2v) is 4.28. The first kappa shape index (κ1) is 17.2. The molecule has 0 aliphatic carbocycles. The van der Waals surface area contributed by atoms with Gasteiger partial charge < -0.3 is 10.6 Å². The van der Waals surface area contributed by atoms with Crippen molar-refractivity contribution in [2.24, 2.45) is 0 Å². The number of rotatable bonds is 10. The maximum Gasteiger partial charge on any atom is 0.315 e. The number of nitriles is 1. The number of carbonyl (C=O) groups is 1. The van der Waals surface area contributed by atoms with Gasteiger partial charge >= 0.3 is 6.03 Å². The molecule has 19 heavy (non-hydrogen) atoms. The Morgan fingerprint density at radius 1 is 1.11 bits per heavy atom. The lowest BCUT2D eigenvalue weighted by Gasteiger charge is -2.00. The summed E-state index contributed by atoms with van der Waals surface area (Å²) in [6, 6.07) is 1.53. The molecule has 0 aliphatic heterocycles. The summed E-state index contributed by atoms with van der Waals surface area (Å²) in [5.41, 5.74) is 0. The summed E-state index contributed by atoms with van der Waals surface area (Å²) in [6.07, 6.45) is 15.6. The van der Waals surface area contributed by atoms with E-state index in [1.165, 1.54) is 32.1 Å². The molecule has 0 atom stereocenters. The largest absolute Gasteiger partial charge is 0.335 e. The topological polar surface area (TPSA) is 64.9 Å². The van der Waals surface area contributed by atoms with Crippen molar-refractivity contribution < 1.29 is 4.79 Å². The van der Waals surface area contributed by atoms with Crippen LogP contribution in [0.15, 0.2) is 24.3 Å². The minimum Gasteiger partial charge on any atom is -0.335 e. The lowest BCUT2D eigenvalue weighted by Crippen LogP contribution is -2.35. The van der Waals surface area contributed by atoms with Gasteiger partial charge in [-0.2, -0.15) is 5.26 Å². The monoisotopic (exact) mass is 263 g/mol. The molecule has 0 unspecified atom stereocenters. The summed E-state index contributed by atoms with van der Waals surface area (Å²) in [5.74, 6) is 0. The summed E-state index contributed by atoms with van der Waals surface area (Å²) in [6.45, 7) is 2.73. The molecule has 2 amide bonds. The fourth-order valence-corrected chi connectivity index (χ4v) is 1.52. The zero-order valence-corrected chi connectivity index (χ0v) is 11.8. The Labute approximate surface area is 116 Å². The van der Waals surface area contributed by atoms with E-state index in [-0.39, 0.29) is 12.6 Å². The summed E-state index contributed by atoms with van der Waals surface area (Å²) < 4.78 is 0. The van der Waals surface area contributed by atoms with Gasteiger partial charge in [-0.15, -0.1) is 0 Å². The zero-order chi connectivity index (χ0) is 14.2. The molecule has 0 rings (SSSR count). The van der Waals surface area contributed by atoms with Gasteiger partial charge in [-0.05, 0) is 12.8 Å². The van der Waals surface area contributed by atoms with Gasteiger partial charge in [0.15, 0.2) is 0 Å². The fraction of sp³-hybridized carbons (Fsp3) is 0.600. The lowest BCUT2D eigenvalue weighted by atomic mass is 10.1. The third-order valence-corrected chi connectivity index (χ3v) is 2.57. The Balaban J connectivity index is 3.37. The summed E-state index contributed by atoms with van der Waals surface area (Å²) >= 11 is 0. The Morgan fingerprint density at radius 3 is 2.58 bits per heavy atom. The predicted molar refractivity (Wildman–Crippen MR) is 78.7 cm³/mol. The maximum atomic E-state index is 11.0. The highest BCUT2D eigenvalue weighted by Crippen LogP contribution is 2.05. The van der Waals surface area contributed by atoms with Crippen molar-refractivity contribution in [3.63, 3.8) is 0 Å². The Kier molecular flexibility index (Phi) is 13.0. The van der Waals surface area contributed by atoms with Crippen LogP contribution < -0.4 is 10.6 Å². The highest BCUT2D eigenvalue weighted by atomic mass is 16.2. The number of hydrogen-bond donors (Lipinski definition) is 2. The lowest BCUT2D eigenvalue weighted by molar-refractivity contribution is 0.243. The van der Waals surface area contributed by atoms with Crippen LogP contribution in [0.1, 0.15) is 45.4 Å². The molecule has 0 radical (unpaired) electrons. The first-order valence-electron chi connectivity index (χ1n) is 7.01. The molecule has 4 nitrogen and oxygen atoms in total. The van der Waals surface area contributed by atoms with Crippen LogP contribution >= 0.6 is 0 Å². The number of urea groups is 1. The van der Waals surface area contributed by atoms with Gasteiger partial charge in [-0.25, -0.2) is 4.79 Å². The number of nitrogens with one attached hydrogen (secondary N) is 2. The quantitative estimate of drug-likeness (QED) is 0.361. The predicted octanol–water partition coefficient (Wildman–Crippen LogP) is 3.28. The van der Waals surface area contributed by atoms with Gasteiger partial charge in [0, 0.05) is 6.54 Å². The first-order chi connectivity index (χ1) is 9.31. The highest BCUT2D eigenvalue weighted by molar-refractivity contribution is 5.74. The Morgan fingerprint density at radius 2 is 1.84 bits per heavy atom. The number of carbonyl (C=O) groups excluding carboxylic acids is 1. The van der Waals surface area contributed by atoms with Crippen molar-refractivity contribution in [2.75, 3.05) is 13.1 Å². The number of allylic oxidation sites excluding steroid dienone is 3. The number of amides is 2. The molecular weight excluding hydrogens is 238 g/mol. The molecule has 0 aromatic rings. The standard InChI is InChI=1S/C15H25N3O/c1-2-3-4-5-6-7-8-9-10-11-13-17-15(19)18-14-12-16/h8-11H,2-7,13-14H2,1H3,(H2,17,18,19)/b9-8+,11-10+. The van der Waals surface area contributed by atoms with Crippen LogP contribution in [0, 0.1) is 11.3 Å². The average molecular weight is 263 g/mol. The summed E-state index contributed by atoms with van der Waals surface area (Å²) in [5, 5.41) is 13.3. The molecule has 0 aliphatic rings. The SMILES string of the molecule is CCCCCCC/C=C/C=C/CNC(=O)NCC#N. The molecule has 0 heterocycles. The smallest absolute Gasteiger partial charge is 0.315 e. The fourth-order valence-electron chi connectivity index (χ4n) is 1.52. The van der Waals surface area contributed by atoms with E-state index in [1.807, 2.05) is 24.3 Å². The van der Waals surface area contributed by atoms with Crippen molar-refractivity contribution in [1.29, 1.82) is 5.26 Å². The summed E-state index contributed by atoms with van der Waals surface area (Å²) in [7, 11) is 0. The van der Waals surface area contributed by atoms with Gasteiger partial charge in [0.1, 0.15) is 6.54 Å². The third-order valence-electron chi connectivity index (χ3n) is 2.57. The second-order valence-electron chi connectivity index (χ2n) is 4.28. The van der Waals surface area contributed by atoms with E-state index >= 15 is 0 Å². The number of hydrogen-bond acceptors (Lipinski definition) is 2. The zero-order valence-electron chi connectivity index (χ0n) is 11.8. The Hall–Kier alpha value is -1.76. The molecule has 4 heteroatoms. The number of unbranched alkanes of at least 4 members (excludes halogenated alkanes) is 5. The van der Waals surface area contributed by atoms with E-state index in [9.17, 15) is 4.79 Å². The van der Waals surface area contributed by atoms with Gasteiger partial charge in [-0.3, -0.25) is 0 Å². The van der Waals surface area contributed by atoms with Crippen LogP contribution in [0.3, 0.4) is 0 Å². The van der Waals surface area contributed by atoms with Crippen LogP contribution in [-0.4, -0.2) is 19.1 Å². The first-order valence-corrected chi connectivity index (χ1v) is 7.01. The van der Waals surface area contributed by atoms with Crippen LogP contribution in [0.4, 0.5) is 4.79 Å². The van der Waals surface area contributed by atoms with E-state index < -0.39 is 0 Å². The van der Waals surface area contributed by atoms with E-state index in [2.05, 4.69) is 23.6 Å². The van der Waals surface area contributed by atoms with Crippen LogP contribution in [0.2, 0.25) is 0 Å². The van der Waals surface area contributed by atoms with Gasteiger partial charge in [0.25, 0.3) is 0 Å². The van der Waals surface area contributed by atoms with Crippen LogP contribution in [0.25, 0.3) is 0 Å².